The van der Waals surface area contributed by atoms with Crippen LogP contribution < -0.4 is 5.32 Å². The summed E-state index contributed by atoms with van der Waals surface area (Å²) in [5.74, 6) is -0.806. The Morgan fingerprint density at radius 3 is 1.61 bits per heavy atom. The Labute approximate surface area is 341 Å². The predicted octanol–water partition coefficient (Wildman–Crippen LogP) is 7.82. The summed E-state index contributed by atoms with van der Waals surface area (Å²) < 4.78 is 4.82. The van der Waals surface area contributed by atoms with Gasteiger partial charge in [-0.05, 0) is 59.1 Å². The van der Waals surface area contributed by atoms with Crippen molar-refractivity contribution in [3.8, 4) is 33.6 Å². The summed E-state index contributed by atoms with van der Waals surface area (Å²) in [4.78, 5) is 71.4. The molecule has 59 heavy (non-hydrogen) atoms. The standard InChI is InChI=1S/C46H45N7O6/c1-59-46(58)51-41(34-12-6-3-7-13-34)45(57)53-25-9-15-39(53)43-48-28-37(50-43)33-22-18-30(19-23-33)29-16-20-32(21-17-29)36-27-47-42(49-36)38-14-8-24-52(38)44(56)35(26-40(54)55)31-10-4-2-5-11-31/h2-7,10-13,16-23,27-28,35,38-39,41H,8-9,14-15,24-26H2,1H3,(H,47,49)(H,48,50)(H,51,58)(H,54,55)/t35?,38-,39-,41+/m0/s1. The van der Waals surface area contributed by atoms with Crippen LogP contribution in [0.25, 0.3) is 33.6 Å². The van der Waals surface area contributed by atoms with Crippen molar-refractivity contribution >= 4 is 23.9 Å². The number of methoxy groups -OCH3 is 1. The monoisotopic (exact) mass is 791 g/mol. The van der Waals surface area contributed by atoms with Gasteiger partial charge in [0.2, 0.25) is 5.91 Å². The lowest BCUT2D eigenvalue weighted by Gasteiger charge is -2.28. The Kier molecular flexibility index (Phi) is 11.3. The Bertz CT molecular complexity index is 2410. The van der Waals surface area contributed by atoms with E-state index < -0.39 is 24.0 Å². The molecule has 4 N–H and O–H groups in total. The third kappa shape index (κ3) is 8.36. The van der Waals surface area contributed by atoms with Gasteiger partial charge >= 0.3 is 12.1 Å². The number of hydrogen-bond acceptors (Lipinski definition) is 7. The molecule has 4 aromatic carbocycles. The van der Waals surface area contributed by atoms with Gasteiger partial charge in [-0.15, -0.1) is 0 Å². The number of nitrogens with one attached hydrogen (secondary N) is 3. The van der Waals surface area contributed by atoms with E-state index in [4.69, 9.17) is 9.72 Å². The largest absolute Gasteiger partial charge is 0.481 e. The van der Waals surface area contributed by atoms with Gasteiger partial charge in [0, 0.05) is 13.1 Å². The van der Waals surface area contributed by atoms with Crippen LogP contribution in [-0.2, 0) is 19.1 Å². The van der Waals surface area contributed by atoms with E-state index >= 15 is 0 Å². The molecule has 4 atom stereocenters. The first-order valence-electron chi connectivity index (χ1n) is 19.9. The minimum absolute atomic E-state index is 0.196. The first kappa shape index (κ1) is 38.8. The van der Waals surface area contributed by atoms with Crippen LogP contribution in [0.4, 0.5) is 4.79 Å². The highest BCUT2D eigenvalue weighted by atomic mass is 16.5. The molecule has 13 heteroatoms. The number of alkyl carbamates (subject to hydrolysis) is 1. The SMILES string of the molecule is COC(=O)N[C@@H](C(=O)N1CCC[C@H]1c1ncc(-c2ccc(-c3ccc(-c4cnc([C@@H]5CCCN5C(=O)C(CC(=O)O)c5ccccc5)[nH]4)cc3)cc2)[nH]1)c1ccccc1. The molecular formula is C46H45N7O6. The summed E-state index contributed by atoms with van der Waals surface area (Å²) in [7, 11) is 1.28. The average Bonchev–Trinajstić information content (AvgIpc) is 4.12. The summed E-state index contributed by atoms with van der Waals surface area (Å²) in [5.41, 5.74) is 7.03. The van der Waals surface area contributed by atoms with E-state index in [1.807, 2.05) is 84.9 Å². The molecule has 0 saturated carbocycles. The molecule has 8 rings (SSSR count). The molecule has 1 unspecified atom stereocenters. The highest BCUT2D eigenvalue weighted by Gasteiger charge is 2.38. The van der Waals surface area contributed by atoms with Crippen LogP contribution in [0.1, 0.15) is 78.9 Å². The number of rotatable bonds is 12. The van der Waals surface area contributed by atoms with Crippen LogP contribution in [0.15, 0.2) is 122 Å². The number of carbonyl (C=O) groups excluding carboxylic acids is 3. The van der Waals surface area contributed by atoms with Crippen molar-refractivity contribution in [2.75, 3.05) is 20.2 Å². The fourth-order valence-corrected chi connectivity index (χ4v) is 8.30. The lowest BCUT2D eigenvalue weighted by molar-refractivity contribution is -0.142. The van der Waals surface area contributed by atoms with Crippen molar-refractivity contribution in [3.05, 3.63) is 144 Å². The summed E-state index contributed by atoms with van der Waals surface area (Å²) in [5, 5.41) is 12.3. The summed E-state index contributed by atoms with van der Waals surface area (Å²) in [6.07, 6.45) is 5.74. The zero-order chi connectivity index (χ0) is 40.9. The van der Waals surface area contributed by atoms with Crippen LogP contribution in [0, 0.1) is 0 Å². The molecule has 2 aliphatic heterocycles. The molecule has 0 bridgehead atoms. The second-order valence-corrected chi connectivity index (χ2v) is 14.9. The number of aliphatic carboxylic acids is 1. The molecule has 300 valence electrons. The molecule has 0 aliphatic carbocycles. The van der Waals surface area contributed by atoms with E-state index in [1.54, 1.807) is 22.2 Å². The van der Waals surface area contributed by atoms with Gasteiger partial charge in [-0.2, -0.15) is 0 Å². The Morgan fingerprint density at radius 1 is 0.678 bits per heavy atom. The van der Waals surface area contributed by atoms with E-state index in [-0.39, 0.29) is 30.3 Å². The Hall–Kier alpha value is -7.02. The van der Waals surface area contributed by atoms with Gasteiger partial charge in [0.25, 0.3) is 5.91 Å². The molecule has 2 aromatic heterocycles. The van der Waals surface area contributed by atoms with E-state index in [2.05, 4.69) is 44.5 Å². The van der Waals surface area contributed by atoms with Gasteiger partial charge < -0.3 is 34.9 Å². The zero-order valence-electron chi connectivity index (χ0n) is 32.6. The van der Waals surface area contributed by atoms with Crippen molar-refractivity contribution in [3.63, 3.8) is 0 Å². The van der Waals surface area contributed by atoms with E-state index in [0.29, 0.717) is 35.9 Å². The molecule has 0 spiro atoms. The molecule has 2 aliphatic rings. The summed E-state index contributed by atoms with van der Waals surface area (Å²) in [6, 6.07) is 33.3. The van der Waals surface area contributed by atoms with Crippen molar-refractivity contribution in [1.82, 2.24) is 35.1 Å². The van der Waals surface area contributed by atoms with Crippen molar-refractivity contribution in [1.29, 1.82) is 0 Å². The normalized spacial score (nSPS) is 17.4. The average molecular weight is 792 g/mol. The van der Waals surface area contributed by atoms with Gasteiger partial charge in [0.05, 0.1) is 55.3 Å². The number of H-pyrrole nitrogens is 2. The first-order chi connectivity index (χ1) is 28.8. The van der Waals surface area contributed by atoms with E-state index in [9.17, 15) is 24.3 Å². The predicted molar refractivity (Wildman–Crippen MR) is 221 cm³/mol. The molecule has 0 radical (unpaired) electrons. The number of aromatic amines is 2. The maximum atomic E-state index is 13.9. The first-order valence-corrected chi connectivity index (χ1v) is 19.9. The topological polar surface area (TPSA) is 174 Å². The number of carbonyl (C=O) groups is 4. The van der Waals surface area contributed by atoms with Gasteiger partial charge in [-0.3, -0.25) is 14.4 Å². The fourth-order valence-electron chi connectivity index (χ4n) is 8.30. The van der Waals surface area contributed by atoms with Gasteiger partial charge in [-0.25, -0.2) is 14.8 Å². The second kappa shape index (κ2) is 17.2. The number of imidazole rings is 2. The van der Waals surface area contributed by atoms with Crippen LogP contribution in [-0.4, -0.2) is 78.9 Å². The number of nitrogens with zero attached hydrogens (tertiary/aromatic N) is 4. The number of amides is 3. The molecule has 2 saturated heterocycles. The van der Waals surface area contributed by atoms with Crippen molar-refractivity contribution in [2.24, 2.45) is 0 Å². The quantitative estimate of drug-likeness (QED) is 0.0971. The second-order valence-electron chi connectivity index (χ2n) is 14.9. The third-order valence-electron chi connectivity index (χ3n) is 11.3. The minimum Gasteiger partial charge on any atom is -0.481 e. The highest BCUT2D eigenvalue weighted by Crippen LogP contribution is 2.37. The van der Waals surface area contributed by atoms with Crippen LogP contribution in [0.5, 0.6) is 0 Å². The molecule has 4 heterocycles. The smallest absolute Gasteiger partial charge is 0.407 e. The van der Waals surface area contributed by atoms with Crippen molar-refractivity contribution < 1.29 is 29.0 Å². The van der Waals surface area contributed by atoms with Gasteiger partial charge in [0.1, 0.15) is 17.7 Å². The van der Waals surface area contributed by atoms with Crippen LogP contribution in [0.3, 0.4) is 0 Å². The number of aromatic nitrogens is 4. The number of carboxylic acid groups (broad SMARTS) is 1. The van der Waals surface area contributed by atoms with Gasteiger partial charge in [-0.1, -0.05) is 109 Å². The lowest BCUT2D eigenvalue weighted by atomic mass is 9.94. The number of likely N-dealkylation sites (tertiary alicyclic amines) is 2. The molecule has 2 fully saturated rings. The summed E-state index contributed by atoms with van der Waals surface area (Å²) >= 11 is 0. The Balaban J connectivity index is 0.928. The van der Waals surface area contributed by atoms with Crippen LogP contribution >= 0.6 is 0 Å². The summed E-state index contributed by atoms with van der Waals surface area (Å²) in [6.45, 7) is 1.09. The molecule has 3 amide bonds. The van der Waals surface area contributed by atoms with E-state index in [0.717, 1.165) is 59.3 Å². The van der Waals surface area contributed by atoms with E-state index in [1.165, 1.54) is 7.11 Å². The number of hydrogen-bond donors (Lipinski definition) is 4. The van der Waals surface area contributed by atoms with Crippen molar-refractivity contribution in [2.45, 2.75) is 56.1 Å². The van der Waals surface area contributed by atoms with Crippen LogP contribution in [0.2, 0.25) is 0 Å². The zero-order valence-corrected chi connectivity index (χ0v) is 32.6. The third-order valence-corrected chi connectivity index (χ3v) is 11.3. The van der Waals surface area contributed by atoms with Gasteiger partial charge in [0.15, 0.2) is 0 Å². The molecular weight excluding hydrogens is 747 g/mol. The Morgan fingerprint density at radius 2 is 1.14 bits per heavy atom. The maximum absolute atomic E-state index is 13.9. The molecule has 13 nitrogen and oxygen atoms in total. The fraction of sp³-hybridized carbons (Fsp3) is 0.261. The molecule has 6 aromatic rings. The number of benzene rings is 4. The maximum Gasteiger partial charge on any atom is 0.407 e. The minimum atomic E-state index is -1.01. The number of carboxylic acids is 1. The lowest BCUT2D eigenvalue weighted by Crippen LogP contribution is -2.42. The number of ether oxygens (including phenoxy) is 1. The highest BCUT2D eigenvalue weighted by molar-refractivity contribution is 5.89.